The molecule has 136 valence electrons. The normalized spacial score (nSPS) is 14.0. The van der Waals surface area contributed by atoms with Gasteiger partial charge in [-0.3, -0.25) is 0 Å². The third-order valence-electron chi connectivity index (χ3n) is 5.21. The van der Waals surface area contributed by atoms with E-state index >= 15 is 0 Å². The number of aromatic hydroxyl groups is 1. The second-order valence-electron chi connectivity index (χ2n) is 6.97. The second kappa shape index (κ2) is 8.23. The lowest BCUT2D eigenvalue weighted by atomic mass is 9.95. The van der Waals surface area contributed by atoms with Gasteiger partial charge in [-0.1, -0.05) is 52.3 Å². The van der Waals surface area contributed by atoms with Gasteiger partial charge >= 0.3 is 0 Å². The average Bonchev–Trinajstić information content (AvgIpc) is 2.60. The lowest BCUT2D eigenvalue weighted by Crippen LogP contribution is -2.29. The number of aryl methyl sites for hydroxylation is 2. The maximum absolute atomic E-state index is 10.5. The van der Waals surface area contributed by atoms with Crippen LogP contribution >= 0.6 is 8.58 Å². The molecule has 0 aliphatic rings. The zero-order chi connectivity index (χ0) is 18.6. The van der Waals surface area contributed by atoms with Gasteiger partial charge in [-0.25, -0.2) is 0 Å². The van der Waals surface area contributed by atoms with Crippen molar-refractivity contribution in [1.29, 1.82) is 0 Å². The Labute approximate surface area is 155 Å². The van der Waals surface area contributed by atoms with E-state index < -0.39 is 0 Å². The molecule has 0 amide bonds. The van der Waals surface area contributed by atoms with Crippen molar-refractivity contribution < 1.29 is 5.11 Å². The zero-order valence-corrected chi connectivity index (χ0v) is 17.5. The summed E-state index contributed by atoms with van der Waals surface area (Å²) in [5, 5.41) is 11.9. The molecule has 25 heavy (non-hydrogen) atoms. The van der Waals surface area contributed by atoms with Gasteiger partial charge in [-0.15, -0.1) is 0 Å². The minimum absolute atomic E-state index is 0.0654. The molecule has 2 aromatic carbocycles. The van der Waals surface area contributed by atoms with E-state index in [0.29, 0.717) is 14.3 Å². The van der Waals surface area contributed by atoms with Crippen molar-refractivity contribution in [3.63, 3.8) is 0 Å². The first-order valence-electron chi connectivity index (χ1n) is 9.29. The van der Waals surface area contributed by atoms with Crippen LogP contribution in [0.5, 0.6) is 5.75 Å². The van der Waals surface area contributed by atoms with Gasteiger partial charge in [-0.2, -0.15) is 0 Å². The van der Waals surface area contributed by atoms with Crippen LogP contribution in [0, 0.1) is 13.8 Å². The third kappa shape index (κ3) is 4.18. The summed E-state index contributed by atoms with van der Waals surface area (Å²) in [5.74, 6) is 0.417. The van der Waals surface area contributed by atoms with Crippen LogP contribution in [-0.4, -0.2) is 18.2 Å². The lowest BCUT2D eigenvalue weighted by Gasteiger charge is -2.33. The molecule has 2 nitrogen and oxygen atoms in total. The van der Waals surface area contributed by atoms with Crippen molar-refractivity contribution >= 4 is 19.6 Å². The number of phenolic OH excluding ortho intramolecular Hbond substituents is 1. The molecule has 0 saturated heterocycles. The molecule has 0 aliphatic carbocycles. The Balaban J connectivity index is 2.54. The second-order valence-corrected chi connectivity index (χ2v) is 8.83. The van der Waals surface area contributed by atoms with Crippen molar-refractivity contribution in [2.75, 3.05) is 18.0 Å². The van der Waals surface area contributed by atoms with E-state index in [0.717, 1.165) is 25.1 Å². The highest BCUT2D eigenvalue weighted by atomic mass is 31.1. The molecule has 1 N–H and O–H groups in total. The van der Waals surface area contributed by atoms with Crippen LogP contribution in [0.2, 0.25) is 0 Å². The highest BCUT2D eigenvalue weighted by molar-refractivity contribution is 7.49. The molecular formula is C22H32NOP. The smallest absolute Gasteiger partial charge is 0.119 e. The van der Waals surface area contributed by atoms with Gasteiger partial charge in [0.15, 0.2) is 0 Å². The van der Waals surface area contributed by atoms with Crippen molar-refractivity contribution in [2.24, 2.45) is 0 Å². The minimum atomic E-state index is -0.0654. The molecular weight excluding hydrogens is 325 g/mol. The van der Waals surface area contributed by atoms with Crippen molar-refractivity contribution in [1.82, 2.24) is 0 Å². The molecule has 2 aromatic rings. The number of rotatable bonds is 7. The van der Waals surface area contributed by atoms with Gasteiger partial charge in [0, 0.05) is 29.5 Å². The molecule has 0 heterocycles. The van der Waals surface area contributed by atoms with E-state index in [4.69, 9.17) is 0 Å². The Bertz CT molecular complexity index is 724. The lowest BCUT2D eigenvalue weighted by molar-refractivity contribution is 0.456. The molecule has 0 spiro atoms. The fourth-order valence-electron chi connectivity index (χ4n) is 3.36. The van der Waals surface area contributed by atoms with Crippen LogP contribution in [0.3, 0.4) is 0 Å². The highest BCUT2D eigenvalue weighted by Gasteiger charge is 2.30. The van der Waals surface area contributed by atoms with Crippen LogP contribution < -0.4 is 10.2 Å². The number of anilines is 1. The summed E-state index contributed by atoms with van der Waals surface area (Å²) in [6, 6.07) is 12.6. The van der Waals surface area contributed by atoms with E-state index in [1.807, 2.05) is 12.1 Å². The molecule has 0 saturated carbocycles. The average molecular weight is 357 g/mol. The third-order valence-corrected chi connectivity index (χ3v) is 7.28. The summed E-state index contributed by atoms with van der Waals surface area (Å²) in [6.07, 6.45) is 0.995. The SMILES string of the molecule is CCN(CC)c1cccc(C)c1PC(C)(CC)c1cc(C)ccc1O. The van der Waals surface area contributed by atoms with E-state index in [1.165, 1.54) is 22.1 Å². The first kappa shape index (κ1) is 19.8. The maximum Gasteiger partial charge on any atom is 0.119 e. The summed E-state index contributed by atoms with van der Waals surface area (Å²) < 4.78 is 0. The number of hydrogen-bond acceptors (Lipinski definition) is 2. The molecule has 0 fully saturated rings. The van der Waals surface area contributed by atoms with Crippen LogP contribution in [0.25, 0.3) is 0 Å². The fraction of sp³-hybridized carbons (Fsp3) is 0.455. The highest BCUT2D eigenvalue weighted by Crippen LogP contribution is 2.48. The zero-order valence-electron chi connectivity index (χ0n) is 16.5. The Morgan fingerprint density at radius 1 is 1.04 bits per heavy atom. The van der Waals surface area contributed by atoms with Gasteiger partial charge in [0.2, 0.25) is 0 Å². The standard InChI is InChI=1S/C22H32NOP/c1-7-22(6,18-15-16(4)13-14-20(18)24)25-21-17(5)11-10-12-19(21)23(8-2)9-3/h10-15,24-25H,7-9H2,1-6H3. The number of benzene rings is 2. The van der Waals surface area contributed by atoms with Gasteiger partial charge in [0.05, 0.1) is 0 Å². The fourth-order valence-corrected chi connectivity index (χ4v) is 5.07. The quantitative estimate of drug-likeness (QED) is 0.663. The summed E-state index contributed by atoms with van der Waals surface area (Å²) >= 11 is 0. The van der Waals surface area contributed by atoms with Crippen LogP contribution in [0.15, 0.2) is 36.4 Å². The minimum Gasteiger partial charge on any atom is -0.508 e. The summed E-state index contributed by atoms with van der Waals surface area (Å²) in [7, 11) is 0.614. The van der Waals surface area contributed by atoms with Crippen molar-refractivity contribution in [3.05, 3.63) is 53.1 Å². The molecule has 2 unspecified atom stereocenters. The predicted octanol–water partition coefficient (Wildman–Crippen LogP) is 5.48. The molecule has 0 aliphatic heterocycles. The summed E-state index contributed by atoms with van der Waals surface area (Å²) in [4.78, 5) is 2.43. The molecule has 2 atom stereocenters. The Hall–Kier alpha value is -1.53. The molecule has 2 rings (SSSR count). The van der Waals surface area contributed by atoms with Crippen LogP contribution in [-0.2, 0) is 5.16 Å². The molecule has 0 radical (unpaired) electrons. The van der Waals surface area contributed by atoms with Gasteiger partial charge in [0.1, 0.15) is 5.75 Å². The van der Waals surface area contributed by atoms with Crippen molar-refractivity contribution in [3.8, 4) is 5.75 Å². The Morgan fingerprint density at radius 3 is 2.32 bits per heavy atom. The first-order chi connectivity index (χ1) is 11.9. The van der Waals surface area contributed by atoms with Gasteiger partial charge in [0.25, 0.3) is 0 Å². The number of phenols is 1. The number of nitrogens with zero attached hydrogens (tertiary/aromatic N) is 1. The van der Waals surface area contributed by atoms with Crippen LogP contribution in [0.1, 0.15) is 50.8 Å². The molecule has 3 heteroatoms. The van der Waals surface area contributed by atoms with E-state index in [9.17, 15) is 5.11 Å². The summed E-state index contributed by atoms with van der Waals surface area (Å²) in [5.41, 5.74) is 4.96. The van der Waals surface area contributed by atoms with Crippen LogP contribution in [0.4, 0.5) is 5.69 Å². The molecule has 0 aromatic heterocycles. The largest absolute Gasteiger partial charge is 0.508 e. The summed E-state index contributed by atoms with van der Waals surface area (Å²) in [6.45, 7) is 15.3. The van der Waals surface area contributed by atoms with E-state index in [2.05, 4.69) is 70.7 Å². The molecule has 0 bridgehead atoms. The monoisotopic (exact) mass is 357 g/mol. The first-order valence-corrected chi connectivity index (χ1v) is 10.3. The topological polar surface area (TPSA) is 23.5 Å². The Kier molecular flexibility index (Phi) is 6.52. The predicted molar refractivity (Wildman–Crippen MR) is 113 cm³/mol. The van der Waals surface area contributed by atoms with E-state index in [1.54, 1.807) is 0 Å². The Morgan fingerprint density at radius 2 is 1.72 bits per heavy atom. The van der Waals surface area contributed by atoms with Gasteiger partial charge < -0.3 is 10.0 Å². The maximum atomic E-state index is 10.5. The van der Waals surface area contributed by atoms with E-state index in [-0.39, 0.29) is 5.16 Å². The van der Waals surface area contributed by atoms with Gasteiger partial charge in [-0.05, 0) is 57.1 Å². The van der Waals surface area contributed by atoms with Crippen molar-refractivity contribution in [2.45, 2.75) is 53.1 Å². The number of hydrogen-bond donors (Lipinski definition) is 1.